The minimum Gasteiger partial charge on any atom is -0.369 e. The van der Waals surface area contributed by atoms with E-state index < -0.39 is 10.0 Å². The van der Waals surface area contributed by atoms with E-state index in [-0.39, 0.29) is 17.1 Å². The predicted octanol–water partition coefficient (Wildman–Crippen LogP) is 4.24. The summed E-state index contributed by atoms with van der Waals surface area (Å²) < 4.78 is 41.4. The third-order valence-corrected chi connectivity index (χ3v) is 10.8. The third kappa shape index (κ3) is 5.41. The van der Waals surface area contributed by atoms with E-state index in [4.69, 9.17) is 9.97 Å². The molecule has 2 saturated heterocycles. The number of fused-ring (bicyclic) bond motifs is 1. The molecule has 1 aliphatic carbocycles. The van der Waals surface area contributed by atoms with Crippen LogP contribution in [0.1, 0.15) is 19.3 Å². The maximum absolute atomic E-state index is 14.1. The number of rotatable bonds is 8. The fourth-order valence-corrected chi connectivity index (χ4v) is 7.77. The number of piperazine rings is 1. The summed E-state index contributed by atoms with van der Waals surface area (Å²) in [5, 5.41) is 7.36. The van der Waals surface area contributed by atoms with Gasteiger partial charge in [0.1, 0.15) is 17.3 Å². The first-order chi connectivity index (χ1) is 20.3. The van der Waals surface area contributed by atoms with Crippen LogP contribution in [0, 0.1) is 5.82 Å². The van der Waals surface area contributed by atoms with Crippen molar-refractivity contribution in [1.82, 2.24) is 24.2 Å². The van der Waals surface area contributed by atoms with Crippen LogP contribution >= 0.6 is 0 Å². The molecular formula is C30H35FN8O2S. The molecule has 3 N–H and O–H groups in total. The highest BCUT2D eigenvalue weighted by Crippen LogP contribution is 2.36. The van der Waals surface area contributed by atoms with Crippen LogP contribution in [0.15, 0.2) is 54.7 Å². The van der Waals surface area contributed by atoms with Crippen LogP contribution in [0.25, 0.3) is 22.2 Å². The van der Waals surface area contributed by atoms with Crippen molar-refractivity contribution in [3.63, 3.8) is 0 Å². The second kappa shape index (κ2) is 10.8. The quantitative estimate of drug-likeness (QED) is 0.280. The highest BCUT2D eigenvalue weighted by molar-refractivity contribution is 7.90. The van der Waals surface area contributed by atoms with E-state index in [0.717, 1.165) is 55.7 Å². The van der Waals surface area contributed by atoms with Gasteiger partial charge in [0, 0.05) is 68.4 Å². The molecule has 1 atom stereocenters. The van der Waals surface area contributed by atoms with Crippen molar-refractivity contribution >= 4 is 44.2 Å². The summed E-state index contributed by atoms with van der Waals surface area (Å²) in [5.41, 5.74) is 4.12. The van der Waals surface area contributed by atoms with Crippen molar-refractivity contribution in [2.45, 2.75) is 30.6 Å². The van der Waals surface area contributed by atoms with Gasteiger partial charge in [-0.1, -0.05) is 12.1 Å². The summed E-state index contributed by atoms with van der Waals surface area (Å²) in [5.74, 6) is 0.658. The number of benzene rings is 2. The van der Waals surface area contributed by atoms with Gasteiger partial charge in [0.2, 0.25) is 16.0 Å². The Balaban J connectivity index is 1.18. The Labute approximate surface area is 245 Å². The second-order valence-electron chi connectivity index (χ2n) is 11.5. The highest BCUT2D eigenvalue weighted by Gasteiger charge is 2.42. The fourth-order valence-electron chi connectivity index (χ4n) is 5.87. The van der Waals surface area contributed by atoms with Gasteiger partial charge in [0.05, 0.1) is 10.6 Å². The van der Waals surface area contributed by atoms with E-state index in [1.807, 2.05) is 24.4 Å². The summed E-state index contributed by atoms with van der Waals surface area (Å²) in [4.78, 5) is 17.6. The molecule has 1 saturated carbocycles. The van der Waals surface area contributed by atoms with Gasteiger partial charge >= 0.3 is 0 Å². The Kier molecular flexibility index (Phi) is 6.99. The molecule has 3 aliphatic rings. The van der Waals surface area contributed by atoms with Crippen molar-refractivity contribution in [2.75, 3.05) is 61.8 Å². The summed E-state index contributed by atoms with van der Waals surface area (Å²) in [6.45, 7) is 4.96. The van der Waals surface area contributed by atoms with E-state index >= 15 is 0 Å². The van der Waals surface area contributed by atoms with Crippen LogP contribution < -0.4 is 15.5 Å². The van der Waals surface area contributed by atoms with Crippen LogP contribution in [-0.2, 0) is 10.0 Å². The zero-order chi connectivity index (χ0) is 28.8. The number of halogens is 1. The number of aromatic amines is 1. The minimum atomic E-state index is -3.25. The van der Waals surface area contributed by atoms with Crippen LogP contribution in [0.2, 0.25) is 0 Å². The number of aromatic nitrogens is 3. The van der Waals surface area contributed by atoms with Crippen LogP contribution in [0.4, 0.5) is 27.5 Å². The SMILES string of the molecule is CN1CCN(c2ccc(Nc3nc(N[C@H]4CCN(S(=O)(=O)C5CC5)C4)c4c(-c5cccc(F)c5)c[nH]c4n3)cc2)CC1. The van der Waals surface area contributed by atoms with Crippen molar-refractivity contribution < 1.29 is 12.8 Å². The number of hydrogen-bond donors (Lipinski definition) is 3. The van der Waals surface area contributed by atoms with Crippen LogP contribution in [0.3, 0.4) is 0 Å². The molecule has 0 unspecified atom stereocenters. The molecule has 0 amide bonds. The van der Waals surface area contributed by atoms with Crippen molar-refractivity contribution in [1.29, 1.82) is 0 Å². The Morgan fingerprint density at radius 3 is 2.50 bits per heavy atom. The number of anilines is 4. The Morgan fingerprint density at radius 1 is 0.976 bits per heavy atom. The molecule has 3 fully saturated rings. The largest absolute Gasteiger partial charge is 0.369 e. The molecule has 220 valence electrons. The van der Waals surface area contributed by atoms with Crippen molar-refractivity contribution in [3.05, 3.63) is 60.5 Å². The smallest absolute Gasteiger partial charge is 0.231 e. The molecule has 0 bridgehead atoms. The molecule has 0 radical (unpaired) electrons. The van der Waals surface area contributed by atoms with E-state index in [0.29, 0.717) is 42.5 Å². The Morgan fingerprint density at radius 2 is 1.76 bits per heavy atom. The molecule has 0 spiro atoms. The van der Waals surface area contributed by atoms with Gasteiger partial charge in [-0.05, 0) is 68.3 Å². The fraction of sp³-hybridized carbons (Fsp3) is 0.400. The zero-order valence-electron chi connectivity index (χ0n) is 23.6. The lowest BCUT2D eigenvalue weighted by atomic mass is 10.1. The van der Waals surface area contributed by atoms with Gasteiger partial charge in [-0.25, -0.2) is 12.8 Å². The molecule has 4 aromatic rings. The number of H-pyrrole nitrogens is 1. The molecule has 42 heavy (non-hydrogen) atoms. The number of nitrogens with one attached hydrogen (secondary N) is 3. The standard InChI is InChI=1S/C30H35FN8O2S/c1-37-13-15-38(16-14-37)24-7-5-22(6-8-24)34-30-35-28-27(26(18-32-28)20-3-2-4-21(31)17-20)29(36-30)33-23-11-12-39(19-23)42(40,41)25-9-10-25/h2-8,17-18,23,25H,9-16,19H2,1H3,(H3,32,33,34,35,36)/t23-/m0/s1. The maximum atomic E-state index is 14.1. The lowest BCUT2D eigenvalue weighted by molar-refractivity contribution is 0.313. The first kappa shape index (κ1) is 27.1. The lowest BCUT2D eigenvalue weighted by Gasteiger charge is -2.34. The Bertz CT molecular complexity index is 1700. The molecule has 2 aromatic carbocycles. The molecule has 12 heteroatoms. The average molecular weight is 591 g/mol. The molecule has 2 aliphatic heterocycles. The van der Waals surface area contributed by atoms with Gasteiger partial charge in [-0.3, -0.25) is 0 Å². The number of nitrogens with zero attached hydrogens (tertiary/aromatic N) is 5. The molecule has 2 aromatic heterocycles. The summed E-state index contributed by atoms with van der Waals surface area (Å²) in [6, 6.07) is 14.6. The molecule has 4 heterocycles. The van der Waals surface area contributed by atoms with E-state index in [9.17, 15) is 12.8 Å². The summed E-state index contributed by atoms with van der Waals surface area (Å²) in [6.07, 6.45) is 3.98. The predicted molar refractivity (Wildman–Crippen MR) is 164 cm³/mol. The second-order valence-corrected chi connectivity index (χ2v) is 13.7. The van der Waals surface area contributed by atoms with Crippen LogP contribution in [0.5, 0.6) is 0 Å². The van der Waals surface area contributed by atoms with E-state index in [2.05, 4.69) is 44.6 Å². The molecular weight excluding hydrogens is 555 g/mol. The minimum absolute atomic E-state index is 0.109. The number of hydrogen-bond acceptors (Lipinski definition) is 8. The molecule has 7 rings (SSSR count). The van der Waals surface area contributed by atoms with Gasteiger partial charge in [-0.15, -0.1) is 0 Å². The topological polar surface area (TPSA) is 109 Å². The lowest BCUT2D eigenvalue weighted by Crippen LogP contribution is -2.44. The normalized spacial score (nSPS) is 20.3. The molecule has 10 nitrogen and oxygen atoms in total. The van der Waals surface area contributed by atoms with Gasteiger partial charge in [0.15, 0.2) is 0 Å². The van der Waals surface area contributed by atoms with Gasteiger partial charge in [-0.2, -0.15) is 14.3 Å². The maximum Gasteiger partial charge on any atom is 0.231 e. The average Bonchev–Trinajstić information content (AvgIpc) is 3.60. The Hall–Kier alpha value is -3.74. The highest BCUT2D eigenvalue weighted by atomic mass is 32.2. The van der Waals surface area contributed by atoms with Gasteiger partial charge in [0.25, 0.3) is 0 Å². The summed E-state index contributed by atoms with van der Waals surface area (Å²) >= 11 is 0. The summed E-state index contributed by atoms with van der Waals surface area (Å²) in [7, 11) is -1.10. The van der Waals surface area contributed by atoms with Crippen molar-refractivity contribution in [3.8, 4) is 11.1 Å². The number of likely N-dealkylation sites (N-methyl/N-ethyl adjacent to an activating group) is 1. The third-order valence-electron chi connectivity index (χ3n) is 8.46. The first-order valence-electron chi connectivity index (χ1n) is 14.5. The number of sulfonamides is 1. The van der Waals surface area contributed by atoms with Gasteiger partial charge < -0.3 is 25.4 Å². The van der Waals surface area contributed by atoms with Crippen molar-refractivity contribution in [2.24, 2.45) is 0 Å². The van der Waals surface area contributed by atoms with Crippen LogP contribution in [-0.4, -0.2) is 90.2 Å². The zero-order valence-corrected chi connectivity index (χ0v) is 24.4. The van der Waals surface area contributed by atoms with E-state index in [1.165, 1.54) is 17.8 Å². The monoisotopic (exact) mass is 590 g/mol. The van der Waals surface area contributed by atoms with E-state index in [1.54, 1.807) is 10.4 Å². The first-order valence-corrected chi connectivity index (χ1v) is 16.0.